The lowest BCUT2D eigenvalue weighted by atomic mass is 9.88. The molecule has 0 atom stereocenters. The minimum Gasteiger partial charge on any atom is -0.360 e. The second kappa shape index (κ2) is 4.20. The molecule has 0 amide bonds. The van der Waals surface area contributed by atoms with Crippen molar-refractivity contribution in [2.45, 2.75) is 31.6 Å². The normalized spacial score (nSPS) is 17.5. The number of Topliss-reactive ketones (excluding diaryl/α,β-unsaturated/α-hetero) is 1. The zero-order valence-electron chi connectivity index (χ0n) is 9.57. The molecule has 0 spiro atoms. The fraction of sp³-hybridized carbons (Fsp3) is 0.385. The van der Waals surface area contributed by atoms with E-state index < -0.39 is 0 Å². The fourth-order valence-corrected chi connectivity index (χ4v) is 2.39. The average molecular weight is 229 g/mol. The number of H-pyrrole nitrogens is 2. The SMILES string of the molecule is O=C1CCC(c2ncc(-c3ccc[nH]3)[nH]2)CC1. The maximum atomic E-state index is 11.2. The van der Waals surface area contributed by atoms with Gasteiger partial charge in [-0.3, -0.25) is 4.79 Å². The van der Waals surface area contributed by atoms with E-state index in [2.05, 4.69) is 15.0 Å². The maximum Gasteiger partial charge on any atom is 0.132 e. The molecule has 17 heavy (non-hydrogen) atoms. The minimum absolute atomic E-state index is 0.386. The molecule has 4 heteroatoms. The number of imidazole rings is 1. The van der Waals surface area contributed by atoms with Gasteiger partial charge in [0.15, 0.2) is 0 Å². The number of hydrogen-bond donors (Lipinski definition) is 2. The van der Waals surface area contributed by atoms with E-state index in [0.717, 1.165) is 30.1 Å². The van der Waals surface area contributed by atoms with Crippen LogP contribution in [0.5, 0.6) is 0 Å². The summed E-state index contributed by atoms with van der Waals surface area (Å²) in [6, 6.07) is 3.98. The lowest BCUT2D eigenvalue weighted by Gasteiger charge is -2.18. The third-order valence-corrected chi connectivity index (χ3v) is 3.41. The summed E-state index contributed by atoms with van der Waals surface area (Å²) in [7, 11) is 0. The molecular weight excluding hydrogens is 214 g/mol. The average Bonchev–Trinajstić information content (AvgIpc) is 3.00. The molecule has 0 bridgehead atoms. The van der Waals surface area contributed by atoms with Crippen molar-refractivity contribution in [3.8, 4) is 11.4 Å². The fourth-order valence-electron chi connectivity index (χ4n) is 2.39. The number of hydrogen-bond acceptors (Lipinski definition) is 2. The van der Waals surface area contributed by atoms with Crippen molar-refractivity contribution in [3.05, 3.63) is 30.4 Å². The molecule has 0 aromatic carbocycles. The molecule has 0 unspecified atom stereocenters. The van der Waals surface area contributed by atoms with Gasteiger partial charge in [0.05, 0.1) is 17.6 Å². The highest BCUT2D eigenvalue weighted by Crippen LogP contribution is 2.30. The first-order valence-corrected chi connectivity index (χ1v) is 6.03. The molecule has 1 aliphatic carbocycles. The molecule has 2 aromatic rings. The molecule has 1 fully saturated rings. The highest BCUT2D eigenvalue weighted by molar-refractivity contribution is 5.79. The number of rotatable bonds is 2. The van der Waals surface area contributed by atoms with Crippen LogP contribution in [-0.2, 0) is 4.79 Å². The van der Waals surface area contributed by atoms with E-state index in [1.807, 2.05) is 24.5 Å². The van der Waals surface area contributed by atoms with Crippen molar-refractivity contribution in [3.63, 3.8) is 0 Å². The Hall–Kier alpha value is -1.84. The third-order valence-electron chi connectivity index (χ3n) is 3.41. The monoisotopic (exact) mass is 229 g/mol. The van der Waals surface area contributed by atoms with Gasteiger partial charge < -0.3 is 9.97 Å². The van der Waals surface area contributed by atoms with Crippen LogP contribution in [0.4, 0.5) is 0 Å². The number of carbonyl (C=O) groups is 1. The maximum absolute atomic E-state index is 11.2. The van der Waals surface area contributed by atoms with Gasteiger partial charge in [-0.2, -0.15) is 0 Å². The second-order valence-corrected chi connectivity index (χ2v) is 4.58. The molecule has 88 valence electrons. The van der Waals surface area contributed by atoms with Crippen molar-refractivity contribution in [2.75, 3.05) is 0 Å². The van der Waals surface area contributed by atoms with Gasteiger partial charge in [0.25, 0.3) is 0 Å². The molecule has 4 nitrogen and oxygen atoms in total. The van der Waals surface area contributed by atoms with Crippen LogP contribution in [0.1, 0.15) is 37.4 Å². The van der Waals surface area contributed by atoms with Crippen LogP contribution in [-0.4, -0.2) is 20.7 Å². The van der Waals surface area contributed by atoms with Gasteiger partial charge in [-0.15, -0.1) is 0 Å². The van der Waals surface area contributed by atoms with E-state index in [4.69, 9.17) is 0 Å². The summed E-state index contributed by atoms with van der Waals surface area (Å²) in [5.41, 5.74) is 2.07. The summed E-state index contributed by atoms with van der Waals surface area (Å²) in [6.45, 7) is 0. The van der Waals surface area contributed by atoms with E-state index in [1.54, 1.807) is 0 Å². The van der Waals surface area contributed by atoms with Crippen LogP contribution in [0.3, 0.4) is 0 Å². The molecule has 2 heterocycles. The first-order chi connectivity index (χ1) is 8.33. The number of ketones is 1. The van der Waals surface area contributed by atoms with Crippen molar-refractivity contribution in [2.24, 2.45) is 0 Å². The van der Waals surface area contributed by atoms with Gasteiger partial charge in [0, 0.05) is 25.0 Å². The van der Waals surface area contributed by atoms with Crippen molar-refractivity contribution < 1.29 is 4.79 Å². The Morgan fingerprint density at radius 2 is 2.06 bits per heavy atom. The molecule has 0 aliphatic heterocycles. The summed E-state index contributed by atoms with van der Waals surface area (Å²) in [4.78, 5) is 22.1. The van der Waals surface area contributed by atoms with Gasteiger partial charge in [-0.1, -0.05) is 0 Å². The predicted molar refractivity (Wildman–Crippen MR) is 64.6 cm³/mol. The Morgan fingerprint density at radius 1 is 1.24 bits per heavy atom. The van der Waals surface area contributed by atoms with Gasteiger partial charge in [0.2, 0.25) is 0 Å². The van der Waals surface area contributed by atoms with Crippen molar-refractivity contribution >= 4 is 5.78 Å². The Morgan fingerprint density at radius 3 is 2.76 bits per heavy atom. The first-order valence-electron chi connectivity index (χ1n) is 6.03. The summed E-state index contributed by atoms with van der Waals surface area (Å²) in [6.07, 6.45) is 7.01. The lowest BCUT2D eigenvalue weighted by Crippen LogP contribution is -2.13. The van der Waals surface area contributed by atoms with E-state index in [-0.39, 0.29) is 0 Å². The number of carbonyl (C=O) groups excluding carboxylic acids is 1. The predicted octanol–water partition coefficient (Wildman–Crippen LogP) is 2.63. The van der Waals surface area contributed by atoms with Crippen LogP contribution in [0.2, 0.25) is 0 Å². The number of aromatic nitrogens is 3. The molecule has 0 saturated heterocycles. The Bertz CT molecular complexity index is 503. The summed E-state index contributed by atoms with van der Waals surface area (Å²) in [5, 5.41) is 0. The molecule has 3 rings (SSSR count). The Labute approximate surface area is 99.5 Å². The number of aromatic amines is 2. The molecule has 1 saturated carbocycles. The Kier molecular flexibility index (Phi) is 2.55. The summed E-state index contributed by atoms with van der Waals surface area (Å²) < 4.78 is 0. The van der Waals surface area contributed by atoms with Gasteiger partial charge in [0.1, 0.15) is 11.6 Å². The molecule has 1 aliphatic rings. The molecule has 0 radical (unpaired) electrons. The van der Waals surface area contributed by atoms with E-state index >= 15 is 0 Å². The quantitative estimate of drug-likeness (QED) is 0.831. The topological polar surface area (TPSA) is 61.5 Å². The van der Waals surface area contributed by atoms with Gasteiger partial charge in [-0.05, 0) is 25.0 Å². The van der Waals surface area contributed by atoms with E-state index in [1.165, 1.54) is 0 Å². The summed E-state index contributed by atoms with van der Waals surface area (Å²) in [5.74, 6) is 1.82. The van der Waals surface area contributed by atoms with E-state index in [9.17, 15) is 4.79 Å². The summed E-state index contributed by atoms with van der Waals surface area (Å²) >= 11 is 0. The van der Waals surface area contributed by atoms with Crippen LogP contribution in [0.15, 0.2) is 24.5 Å². The van der Waals surface area contributed by atoms with Crippen LogP contribution in [0.25, 0.3) is 11.4 Å². The van der Waals surface area contributed by atoms with Crippen molar-refractivity contribution in [1.29, 1.82) is 0 Å². The lowest BCUT2D eigenvalue weighted by molar-refractivity contribution is -0.120. The standard InChI is InChI=1S/C13H15N3O/c17-10-5-3-9(4-6-10)13-15-8-12(16-13)11-2-1-7-14-11/h1-2,7-9,14H,3-6H2,(H,15,16). The number of nitrogens with one attached hydrogen (secondary N) is 2. The molecule has 2 aromatic heterocycles. The second-order valence-electron chi connectivity index (χ2n) is 4.58. The molecule has 2 N–H and O–H groups in total. The van der Waals surface area contributed by atoms with Gasteiger partial charge in [-0.25, -0.2) is 4.98 Å². The Balaban J connectivity index is 1.79. The molecular formula is C13H15N3O. The smallest absolute Gasteiger partial charge is 0.132 e. The van der Waals surface area contributed by atoms with Gasteiger partial charge >= 0.3 is 0 Å². The van der Waals surface area contributed by atoms with Crippen LogP contribution >= 0.6 is 0 Å². The minimum atomic E-state index is 0.386. The zero-order valence-corrected chi connectivity index (χ0v) is 9.57. The van der Waals surface area contributed by atoms with Crippen molar-refractivity contribution in [1.82, 2.24) is 15.0 Å². The van der Waals surface area contributed by atoms with Crippen LogP contribution in [0, 0.1) is 0 Å². The highest BCUT2D eigenvalue weighted by atomic mass is 16.1. The third kappa shape index (κ3) is 2.02. The highest BCUT2D eigenvalue weighted by Gasteiger charge is 2.22. The van der Waals surface area contributed by atoms with E-state index in [0.29, 0.717) is 24.5 Å². The zero-order chi connectivity index (χ0) is 11.7. The largest absolute Gasteiger partial charge is 0.360 e. The first kappa shape index (κ1) is 10.3. The van der Waals surface area contributed by atoms with Crippen LogP contribution < -0.4 is 0 Å². The number of nitrogens with zero attached hydrogens (tertiary/aromatic N) is 1.